The molecule has 0 aliphatic heterocycles. The summed E-state index contributed by atoms with van der Waals surface area (Å²) >= 11 is 3.33. The topological polar surface area (TPSA) is 42.2 Å². The average molecular weight is 280 g/mol. The van der Waals surface area contributed by atoms with Gasteiger partial charge in [0.1, 0.15) is 12.0 Å². The minimum absolute atomic E-state index is 0.167. The average Bonchev–Trinajstić information content (AvgIpc) is 2.68. The van der Waals surface area contributed by atoms with Crippen LogP contribution in [0.3, 0.4) is 0 Å². The summed E-state index contributed by atoms with van der Waals surface area (Å²) < 4.78 is 6.05. The predicted molar refractivity (Wildman–Crippen MR) is 65.5 cm³/mol. The van der Waals surface area contributed by atoms with Crippen molar-refractivity contribution in [2.45, 2.75) is 6.92 Å². The highest BCUT2D eigenvalue weighted by atomic mass is 79.9. The number of hydrogen-bond acceptors (Lipinski definition) is 2. The maximum absolute atomic E-state index is 11.7. The number of amides is 1. The molecule has 2 aromatic rings. The van der Waals surface area contributed by atoms with Crippen LogP contribution in [0, 0.1) is 6.92 Å². The van der Waals surface area contributed by atoms with Crippen LogP contribution in [-0.4, -0.2) is 5.91 Å². The number of rotatable bonds is 2. The van der Waals surface area contributed by atoms with Gasteiger partial charge in [-0.05, 0) is 37.3 Å². The zero-order valence-corrected chi connectivity index (χ0v) is 10.2. The van der Waals surface area contributed by atoms with Gasteiger partial charge in [0.15, 0.2) is 0 Å². The van der Waals surface area contributed by atoms with E-state index >= 15 is 0 Å². The van der Waals surface area contributed by atoms with Gasteiger partial charge in [0.2, 0.25) is 0 Å². The summed E-state index contributed by atoms with van der Waals surface area (Å²) in [6, 6.07) is 9.10. The zero-order valence-electron chi connectivity index (χ0n) is 8.66. The molecule has 0 saturated carbocycles. The fraction of sp³-hybridized carbons (Fsp3) is 0.0833. The number of carbonyl (C=O) groups is 1. The Morgan fingerprint density at radius 3 is 2.56 bits per heavy atom. The maximum Gasteiger partial charge on any atom is 0.258 e. The number of nitrogens with one attached hydrogen (secondary N) is 1. The van der Waals surface area contributed by atoms with Crippen LogP contribution in [-0.2, 0) is 0 Å². The Hall–Kier alpha value is -1.55. The summed E-state index contributed by atoms with van der Waals surface area (Å²) in [5, 5.41) is 2.78. The lowest BCUT2D eigenvalue weighted by Crippen LogP contribution is -2.10. The zero-order chi connectivity index (χ0) is 11.5. The van der Waals surface area contributed by atoms with Gasteiger partial charge in [-0.2, -0.15) is 0 Å². The molecule has 4 heteroatoms. The number of aryl methyl sites for hydroxylation is 1. The van der Waals surface area contributed by atoms with Gasteiger partial charge < -0.3 is 9.73 Å². The van der Waals surface area contributed by atoms with Crippen molar-refractivity contribution >= 4 is 27.5 Å². The summed E-state index contributed by atoms with van der Waals surface area (Å²) in [6.45, 7) is 1.80. The van der Waals surface area contributed by atoms with Crippen LogP contribution in [0.2, 0.25) is 0 Å². The molecule has 1 heterocycles. The molecule has 0 bridgehead atoms. The highest BCUT2D eigenvalue weighted by Crippen LogP contribution is 2.15. The van der Waals surface area contributed by atoms with Crippen LogP contribution in [0.4, 0.5) is 5.69 Å². The van der Waals surface area contributed by atoms with Crippen molar-refractivity contribution in [2.24, 2.45) is 0 Å². The van der Waals surface area contributed by atoms with Gasteiger partial charge in [-0.15, -0.1) is 0 Å². The third-order valence-electron chi connectivity index (χ3n) is 2.09. The maximum atomic E-state index is 11.7. The number of halogens is 1. The molecule has 0 atom stereocenters. The van der Waals surface area contributed by atoms with Crippen LogP contribution in [0.5, 0.6) is 0 Å². The molecule has 0 spiro atoms. The number of carbonyl (C=O) groups excluding carboxylic acids is 1. The Bertz CT molecular complexity index is 502. The van der Waals surface area contributed by atoms with Crippen molar-refractivity contribution in [1.82, 2.24) is 0 Å². The Labute approximate surface area is 102 Å². The standard InChI is InChI=1S/C12H10BrNO2/c1-8-6-9(7-16-8)12(15)14-11-4-2-10(13)3-5-11/h2-7H,1H3,(H,14,15). The highest BCUT2D eigenvalue weighted by Gasteiger charge is 2.08. The van der Waals surface area contributed by atoms with Gasteiger partial charge in [-0.25, -0.2) is 0 Å². The van der Waals surface area contributed by atoms with E-state index in [1.807, 2.05) is 24.3 Å². The third kappa shape index (κ3) is 2.52. The molecule has 0 unspecified atom stereocenters. The Balaban J connectivity index is 2.10. The van der Waals surface area contributed by atoms with E-state index in [4.69, 9.17) is 4.42 Å². The van der Waals surface area contributed by atoms with E-state index in [9.17, 15) is 4.79 Å². The Morgan fingerprint density at radius 1 is 1.31 bits per heavy atom. The number of benzene rings is 1. The van der Waals surface area contributed by atoms with Gasteiger partial charge in [0.05, 0.1) is 5.56 Å². The van der Waals surface area contributed by atoms with Crippen molar-refractivity contribution in [3.05, 3.63) is 52.4 Å². The third-order valence-corrected chi connectivity index (χ3v) is 2.62. The molecule has 16 heavy (non-hydrogen) atoms. The van der Waals surface area contributed by atoms with E-state index < -0.39 is 0 Å². The van der Waals surface area contributed by atoms with Crippen molar-refractivity contribution in [2.75, 3.05) is 5.32 Å². The van der Waals surface area contributed by atoms with E-state index in [0.29, 0.717) is 5.56 Å². The summed E-state index contributed by atoms with van der Waals surface area (Å²) in [5.41, 5.74) is 1.28. The van der Waals surface area contributed by atoms with Gasteiger partial charge in [-0.1, -0.05) is 15.9 Å². The summed E-state index contributed by atoms with van der Waals surface area (Å²) in [7, 11) is 0. The second kappa shape index (κ2) is 4.53. The largest absolute Gasteiger partial charge is 0.469 e. The van der Waals surface area contributed by atoms with Crippen LogP contribution in [0.15, 0.2) is 45.5 Å². The number of furan rings is 1. The molecule has 0 aliphatic carbocycles. The quantitative estimate of drug-likeness (QED) is 0.913. The minimum atomic E-state index is -0.167. The van der Waals surface area contributed by atoms with Crippen molar-refractivity contribution in [3.63, 3.8) is 0 Å². The Kier molecular flexibility index (Phi) is 3.10. The van der Waals surface area contributed by atoms with Crippen molar-refractivity contribution in [1.29, 1.82) is 0 Å². The minimum Gasteiger partial charge on any atom is -0.469 e. The smallest absolute Gasteiger partial charge is 0.258 e. The normalized spacial score (nSPS) is 10.1. The van der Waals surface area contributed by atoms with E-state index in [1.54, 1.807) is 13.0 Å². The molecule has 1 aromatic carbocycles. The molecule has 1 aromatic heterocycles. The fourth-order valence-electron chi connectivity index (χ4n) is 1.30. The van der Waals surface area contributed by atoms with Gasteiger partial charge >= 0.3 is 0 Å². The van der Waals surface area contributed by atoms with E-state index in [2.05, 4.69) is 21.2 Å². The van der Waals surface area contributed by atoms with Crippen LogP contribution >= 0.6 is 15.9 Å². The SMILES string of the molecule is Cc1cc(C(=O)Nc2ccc(Br)cc2)co1. The monoisotopic (exact) mass is 279 g/mol. The molecule has 0 radical (unpaired) electrons. The molecule has 3 nitrogen and oxygen atoms in total. The van der Waals surface area contributed by atoms with Gasteiger partial charge in [0.25, 0.3) is 5.91 Å². The number of hydrogen-bond donors (Lipinski definition) is 1. The molecule has 2 rings (SSSR count). The van der Waals surface area contributed by atoms with Crippen LogP contribution in [0.1, 0.15) is 16.1 Å². The molecule has 1 N–H and O–H groups in total. The van der Waals surface area contributed by atoms with Crippen molar-refractivity contribution < 1.29 is 9.21 Å². The highest BCUT2D eigenvalue weighted by molar-refractivity contribution is 9.10. The first-order chi connectivity index (χ1) is 7.65. The summed E-state index contributed by atoms with van der Waals surface area (Å²) in [6.07, 6.45) is 1.45. The lowest BCUT2D eigenvalue weighted by molar-refractivity contribution is 0.102. The van der Waals surface area contributed by atoms with E-state index in [1.165, 1.54) is 6.26 Å². The fourth-order valence-corrected chi connectivity index (χ4v) is 1.56. The van der Waals surface area contributed by atoms with Gasteiger partial charge in [0, 0.05) is 10.2 Å². The Morgan fingerprint density at radius 2 is 2.00 bits per heavy atom. The molecule has 1 amide bonds. The second-order valence-electron chi connectivity index (χ2n) is 3.41. The van der Waals surface area contributed by atoms with E-state index in [0.717, 1.165) is 15.9 Å². The molecule has 0 fully saturated rings. The molecule has 0 saturated heterocycles. The lowest BCUT2D eigenvalue weighted by atomic mass is 10.2. The number of anilines is 1. The summed E-state index contributed by atoms with van der Waals surface area (Å²) in [5.74, 6) is 0.556. The molecular weight excluding hydrogens is 270 g/mol. The van der Waals surface area contributed by atoms with E-state index in [-0.39, 0.29) is 5.91 Å². The summed E-state index contributed by atoms with van der Waals surface area (Å²) in [4.78, 5) is 11.7. The lowest BCUT2D eigenvalue weighted by Gasteiger charge is -2.02. The second-order valence-corrected chi connectivity index (χ2v) is 4.32. The first-order valence-corrected chi connectivity index (χ1v) is 5.56. The first kappa shape index (κ1) is 11.0. The van der Waals surface area contributed by atoms with Crippen LogP contribution in [0.25, 0.3) is 0 Å². The first-order valence-electron chi connectivity index (χ1n) is 4.77. The molecular formula is C12H10BrNO2. The molecule has 82 valence electrons. The molecule has 0 aliphatic rings. The van der Waals surface area contributed by atoms with Crippen LogP contribution < -0.4 is 5.32 Å². The predicted octanol–water partition coefficient (Wildman–Crippen LogP) is 3.60. The van der Waals surface area contributed by atoms with Crippen molar-refractivity contribution in [3.8, 4) is 0 Å². The van der Waals surface area contributed by atoms with Gasteiger partial charge in [-0.3, -0.25) is 4.79 Å².